The van der Waals surface area contributed by atoms with Crippen molar-refractivity contribution in [3.63, 3.8) is 0 Å². The van der Waals surface area contributed by atoms with Gasteiger partial charge in [-0.15, -0.1) is 0 Å². The number of urea groups is 1. The van der Waals surface area contributed by atoms with Gasteiger partial charge in [0.2, 0.25) is 11.7 Å². The fraction of sp³-hybridized carbons (Fsp3) is 0.286. The first-order valence-corrected chi connectivity index (χ1v) is 9.79. The van der Waals surface area contributed by atoms with Crippen LogP contribution in [0, 0.1) is 0 Å². The van der Waals surface area contributed by atoms with Crippen molar-refractivity contribution in [1.29, 1.82) is 0 Å². The van der Waals surface area contributed by atoms with E-state index in [9.17, 15) is 4.79 Å². The Morgan fingerprint density at radius 2 is 1.97 bits per heavy atom. The van der Waals surface area contributed by atoms with Crippen LogP contribution in [0.1, 0.15) is 24.7 Å². The molecular formula is C21H21ClN4O3. The molecule has 0 aliphatic carbocycles. The third-order valence-corrected chi connectivity index (χ3v) is 5.20. The third-order valence-electron chi connectivity index (χ3n) is 4.94. The van der Waals surface area contributed by atoms with Gasteiger partial charge < -0.3 is 19.5 Å². The number of carbonyl (C=O) groups is 1. The average molecular weight is 413 g/mol. The minimum atomic E-state index is -0.146. The van der Waals surface area contributed by atoms with Crippen LogP contribution >= 0.6 is 11.6 Å². The molecule has 1 aliphatic heterocycles. The summed E-state index contributed by atoms with van der Waals surface area (Å²) in [4.78, 5) is 19.0. The van der Waals surface area contributed by atoms with Crippen LogP contribution in [0.5, 0.6) is 5.75 Å². The number of rotatable bonds is 4. The van der Waals surface area contributed by atoms with Crippen molar-refractivity contribution in [2.24, 2.45) is 0 Å². The van der Waals surface area contributed by atoms with E-state index < -0.39 is 0 Å². The highest BCUT2D eigenvalue weighted by atomic mass is 35.5. The molecule has 29 heavy (non-hydrogen) atoms. The van der Waals surface area contributed by atoms with Gasteiger partial charge in [-0.1, -0.05) is 16.8 Å². The van der Waals surface area contributed by atoms with Crippen LogP contribution in [0.25, 0.3) is 11.4 Å². The maximum atomic E-state index is 12.6. The van der Waals surface area contributed by atoms with Crippen LogP contribution in [0.3, 0.4) is 0 Å². The van der Waals surface area contributed by atoms with Crippen LogP contribution in [0.4, 0.5) is 10.5 Å². The molecule has 1 atom stereocenters. The Balaban J connectivity index is 1.42. The molecule has 150 valence electrons. The van der Waals surface area contributed by atoms with E-state index >= 15 is 0 Å². The van der Waals surface area contributed by atoms with E-state index in [0.717, 1.165) is 24.2 Å². The Labute approximate surface area is 173 Å². The zero-order valence-electron chi connectivity index (χ0n) is 16.0. The van der Waals surface area contributed by atoms with Crippen molar-refractivity contribution in [2.45, 2.75) is 18.8 Å². The number of benzene rings is 2. The number of hydrogen-bond donors (Lipinski definition) is 1. The summed E-state index contributed by atoms with van der Waals surface area (Å²) in [6.07, 6.45) is 1.77. The first-order chi connectivity index (χ1) is 14.1. The molecule has 0 radical (unpaired) electrons. The van der Waals surface area contributed by atoms with Gasteiger partial charge in [0.25, 0.3) is 0 Å². The molecule has 3 aromatic rings. The van der Waals surface area contributed by atoms with Gasteiger partial charge in [0.15, 0.2) is 0 Å². The smallest absolute Gasteiger partial charge is 0.321 e. The van der Waals surface area contributed by atoms with Gasteiger partial charge in [0, 0.05) is 29.4 Å². The van der Waals surface area contributed by atoms with Crippen molar-refractivity contribution in [3.05, 3.63) is 59.4 Å². The molecule has 2 amide bonds. The average Bonchev–Trinajstić information content (AvgIpc) is 3.26. The second-order valence-corrected chi connectivity index (χ2v) is 7.34. The number of nitrogens with zero attached hydrogens (tertiary/aromatic N) is 3. The number of carbonyl (C=O) groups excluding carboxylic acids is 1. The molecule has 0 saturated carbocycles. The highest BCUT2D eigenvalue weighted by Gasteiger charge is 2.28. The Morgan fingerprint density at radius 3 is 2.69 bits per heavy atom. The largest absolute Gasteiger partial charge is 0.497 e. The van der Waals surface area contributed by atoms with Gasteiger partial charge >= 0.3 is 6.03 Å². The molecule has 1 aromatic heterocycles. The summed E-state index contributed by atoms with van der Waals surface area (Å²) in [6.45, 7) is 1.22. The van der Waals surface area contributed by atoms with Gasteiger partial charge in [-0.05, 0) is 61.4 Å². The summed E-state index contributed by atoms with van der Waals surface area (Å²) in [7, 11) is 1.62. The summed E-state index contributed by atoms with van der Waals surface area (Å²) in [5, 5.41) is 7.64. The minimum Gasteiger partial charge on any atom is -0.497 e. The van der Waals surface area contributed by atoms with Gasteiger partial charge in [-0.2, -0.15) is 4.98 Å². The lowest BCUT2D eigenvalue weighted by Gasteiger charge is -2.31. The number of ether oxygens (including phenoxy) is 1. The summed E-state index contributed by atoms with van der Waals surface area (Å²) in [5.74, 6) is 1.87. The summed E-state index contributed by atoms with van der Waals surface area (Å²) < 4.78 is 10.7. The summed E-state index contributed by atoms with van der Waals surface area (Å²) in [6, 6.07) is 14.4. The Bertz CT molecular complexity index is 972. The lowest BCUT2D eigenvalue weighted by molar-refractivity contribution is 0.184. The predicted molar refractivity (Wildman–Crippen MR) is 110 cm³/mol. The SMILES string of the molecule is COc1ccc(-c2noc(C3CCCN(C(=O)Nc4ccc(Cl)cc4)C3)n2)cc1. The van der Waals surface area contributed by atoms with E-state index in [2.05, 4.69) is 15.5 Å². The van der Waals surface area contributed by atoms with Gasteiger partial charge in [-0.25, -0.2) is 4.79 Å². The Morgan fingerprint density at radius 1 is 1.21 bits per heavy atom. The molecule has 0 spiro atoms. The zero-order valence-corrected chi connectivity index (χ0v) is 16.7. The Hall–Kier alpha value is -3.06. The Kier molecular flexibility index (Phi) is 5.67. The van der Waals surface area contributed by atoms with Crippen molar-refractivity contribution in [1.82, 2.24) is 15.0 Å². The normalized spacial score (nSPS) is 16.5. The van der Waals surface area contributed by atoms with E-state index in [1.807, 2.05) is 24.3 Å². The van der Waals surface area contributed by atoms with Gasteiger partial charge in [-0.3, -0.25) is 0 Å². The van der Waals surface area contributed by atoms with Gasteiger partial charge in [0.05, 0.1) is 13.0 Å². The molecule has 4 rings (SSSR count). The van der Waals surface area contributed by atoms with Crippen LogP contribution in [0.2, 0.25) is 5.02 Å². The summed E-state index contributed by atoms with van der Waals surface area (Å²) in [5.41, 5.74) is 1.56. The number of anilines is 1. The standard InChI is InChI=1S/C21H21ClN4O3/c1-28-18-10-4-14(5-11-18)19-24-20(29-25-19)15-3-2-12-26(13-15)21(27)23-17-8-6-16(22)7-9-17/h4-11,15H,2-3,12-13H2,1H3,(H,23,27). The fourth-order valence-electron chi connectivity index (χ4n) is 3.36. The highest BCUT2D eigenvalue weighted by Crippen LogP contribution is 2.28. The van der Waals surface area contributed by atoms with Crippen LogP contribution in [0.15, 0.2) is 53.1 Å². The molecule has 1 fully saturated rings. The number of hydrogen-bond acceptors (Lipinski definition) is 5. The van der Waals surface area contributed by atoms with Crippen LogP contribution < -0.4 is 10.1 Å². The number of methoxy groups -OCH3 is 1. The van der Waals surface area contributed by atoms with E-state index in [1.165, 1.54) is 0 Å². The third kappa shape index (κ3) is 4.51. The number of piperidine rings is 1. The fourth-order valence-corrected chi connectivity index (χ4v) is 3.48. The number of nitrogens with one attached hydrogen (secondary N) is 1. The lowest BCUT2D eigenvalue weighted by Crippen LogP contribution is -2.41. The van der Waals surface area contributed by atoms with Crippen molar-refractivity contribution in [2.75, 3.05) is 25.5 Å². The molecular weight excluding hydrogens is 392 g/mol. The van der Waals surface area contributed by atoms with Crippen molar-refractivity contribution >= 4 is 23.3 Å². The second kappa shape index (κ2) is 8.53. The van der Waals surface area contributed by atoms with Crippen molar-refractivity contribution < 1.29 is 14.1 Å². The first kappa shape index (κ1) is 19.3. The summed E-state index contributed by atoms with van der Waals surface area (Å²) >= 11 is 5.89. The first-order valence-electron chi connectivity index (χ1n) is 9.42. The van der Waals surface area contributed by atoms with E-state index in [1.54, 1.807) is 36.3 Å². The van der Waals surface area contributed by atoms with E-state index in [-0.39, 0.29) is 11.9 Å². The maximum Gasteiger partial charge on any atom is 0.321 e. The molecule has 1 saturated heterocycles. The molecule has 0 bridgehead atoms. The molecule has 7 nitrogen and oxygen atoms in total. The highest BCUT2D eigenvalue weighted by molar-refractivity contribution is 6.30. The van der Waals surface area contributed by atoms with E-state index in [4.69, 9.17) is 20.9 Å². The number of halogens is 1. The topological polar surface area (TPSA) is 80.5 Å². The van der Waals surface area contributed by atoms with Crippen LogP contribution in [-0.2, 0) is 0 Å². The minimum absolute atomic E-state index is 0.0132. The predicted octanol–water partition coefficient (Wildman–Crippen LogP) is 4.81. The molecule has 1 N–H and O–H groups in total. The lowest BCUT2D eigenvalue weighted by atomic mass is 9.98. The number of likely N-dealkylation sites (tertiary alicyclic amines) is 1. The molecule has 2 heterocycles. The zero-order chi connectivity index (χ0) is 20.2. The molecule has 2 aromatic carbocycles. The van der Waals surface area contributed by atoms with Gasteiger partial charge in [0.1, 0.15) is 5.75 Å². The maximum absolute atomic E-state index is 12.6. The molecule has 1 unspecified atom stereocenters. The quantitative estimate of drug-likeness (QED) is 0.665. The number of aromatic nitrogens is 2. The number of amides is 2. The van der Waals surface area contributed by atoms with Crippen molar-refractivity contribution in [3.8, 4) is 17.1 Å². The molecule has 1 aliphatic rings. The van der Waals surface area contributed by atoms with Crippen LogP contribution in [-0.4, -0.2) is 41.3 Å². The molecule has 8 heteroatoms. The van der Waals surface area contributed by atoms with E-state index in [0.29, 0.717) is 35.5 Å². The second-order valence-electron chi connectivity index (χ2n) is 6.91. The monoisotopic (exact) mass is 412 g/mol.